The molecule has 1 atom stereocenters. The summed E-state index contributed by atoms with van der Waals surface area (Å²) in [5, 5.41) is 20.7. The maximum absolute atomic E-state index is 12.7. The third-order valence-corrected chi connectivity index (χ3v) is 3.98. The number of nitrogens with zero attached hydrogens (tertiary/aromatic N) is 3. The van der Waals surface area contributed by atoms with Crippen molar-refractivity contribution in [3.63, 3.8) is 0 Å². The smallest absolute Gasteiger partial charge is 0.277 e. The lowest BCUT2D eigenvalue weighted by Crippen LogP contribution is -2.32. The Morgan fingerprint density at radius 3 is 2.60 bits per heavy atom. The van der Waals surface area contributed by atoms with Gasteiger partial charge in [0.2, 0.25) is 0 Å². The van der Waals surface area contributed by atoms with Crippen molar-refractivity contribution < 1.29 is 14.5 Å². The molecule has 124 valence electrons. The topological polar surface area (TPSA) is 96.5 Å². The summed E-state index contributed by atoms with van der Waals surface area (Å²) in [6.07, 6.45) is 2.90. The van der Waals surface area contributed by atoms with Gasteiger partial charge in [0, 0.05) is 23.4 Å². The minimum Gasteiger partial charge on any atom is -0.497 e. The molecule has 0 fully saturated rings. The van der Waals surface area contributed by atoms with Crippen LogP contribution in [0.2, 0.25) is 0 Å². The molecule has 3 rings (SSSR count). The first kappa shape index (κ1) is 16.2. The molecule has 0 spiro atoms. The van der Waals surface area contributed by atoms with E-state index in [1.807, 2.05) is 0 Å². The molecule has 2 aromatic carbocycles. The highest BCUT2D eigenvalue weighted by atomic mass is 16.6. The fourth-order valence-corrected chi connectivity index (χ4v) is 2.74. The van der Waals surface area contributed by atoms with Gasteiger partial charge in [0.25, 0.3) is 11.6 Å². The van der Waals surface area contributed by atoms with E-state index in [9.17, 15) is 20.2 Å². The highest BCUT2D eigenvalue weighted by Crippen LogP contribution is 2.35. The summed E-state index contributed by atoms with van der Waals surface area (Å²) in [7, 11) is 1.53. The average Bonchev–Trinajstić information content (AvgIpc) is 2.65. The molecule has 1 aliphatic rings. The third kappa shape index (κ3) is 2.81. The summed E-state index contributed by atoms with van der Waals surface area (Å²) < 4.78 is 5.06. The van der Waals surface area contributed by atoms with E-state index < -0.39 is 11.0 Å². The normalized spacial score (nSPS) is 15.2. The molecule has 0 aliphatic carbocycles. The average molecular weight is 335 g/mol. The molecule has 7 nitrogen and oxygen atoms in total. The number of hydrogen-bond acceptors (Lipinski definition) is 5. The van der Waals surface area contributed by atoms with Crippen LogP contribution in [0, 0.1) is 21.4 Å². The first-order chi connectivity index (χ1) is 12.1. The zero-order valence-electron chi connectivity index (χ0n) is 13.2. The van der Waals surface area contributed by atoms with Gasteiger partial charge in [-0.1, -0.05) is 12.1 Å². The van der Waals surface area contributed by atoms with Crippen LogP contribution in [0.1, 0.15) is 27.5 Å². The zero-order valence-corrected chi connectivity index (χ0v) is 13.2. The summed E-state index contributed by atoms with van der Waals surface area (Å²) in [5.74, 6) is 0.242. The highest BCUT2D eigenvalue weighted by Gasteiger charge is 2.31. The van der Waals surface area contributed by atoms with Crippen LogP contribution in [0.15, 0.2) is 48.7 Å². The molecule has 0 bridgehead atoms. The Kier molecular flexibility index (Phi) is 4.18. The number of nitro benzene ring substituents is 1. The maximum atomic E-state index is 12.7. The second-order valence-electron chi connectivity index (χ2n) is 5.33. The van der Waals surface area contributed by atoms with Gasteiger partial charge in [-0.2, -0.15) is 5.26 Å². The van der Waals surface area contributed by atoms with Crippen LogP contribution in [0.25, 0.3) is 6.08 Å². The van der Waals surface area contributed by atoms with Crippen LogP contribution in [-0.2, 0) is 0 Å². The fourth-order valence-electron chi connectivity index (χ4n) is 2.74. The summed E-state index contributed by atoms with van der Waals surface area (Å²) >= 11 is 0. The number of amides is 1. The third-order valence-electron chi connectivity index (χ3n) is 3.98. The summed E-state index contributed by atoms with van der Waals surface area (Å²) in [6.45, 7) is 0. The molecular formula is C18H13N3O4. The van der Waals surface area contributed by atoms with Gasteiger partial charge >= 0.3 is 0 Å². The largest absolute Gasteiger partial charge is 0.497 e. The molecule has 1 heterocycles. The standard InChI is InChI=1S/C18H13N3O4/c1-25-13-7-5-12(6-8-13)18(22)20-10-9-15-14(17(20)11-19)3-2-4-16(15)21(23)24/h2-10,17H,1H3. The second kappa shape index (κ2) is 6.45. The van der Waals surface area contributed by atoms with E-state index in [2.05, 4.69) is 6.07 Å². The van der Waals surface area contributed by atoms with Gasteiger partial charge in [0.15, 0.2) is 0 Å². The minimum atomic E-state index is -0.936. The van der Waals surface area contributed by atoms with Crippen molar-refractivity contribution in [2.24, 2.45) is 0 Å². The lowest BCUT2D eigenvalue weighted by molar-refractivity contribution is -0.385. The summed E-state index contributed by atoms with van der Waals surface area (Å²) in [5.41, 5.74) is 1.07. The van der Waals surface area contributed by atoms with Crippen LogP contribution < -0.4 is 4.74 Å². The lowest BCUT2D eigenvalue weighted by atomic mass is 9.95. The van der Waals surface area contributed by atoms with Crippen molar-refractivity contribution in [2.75, 3.05) is 7.11 Å². The van der Waals surface area contributed by atoms with E-state index >= 15 is 0 Å². The van der Waals surface area contributed by atoms with E-state index in [-0.39, 0.29) is 11.6 Å². The van der Waals surface area contributed by atoms with Crippen LogP contribution in [0.5, 0.6) is 5.75 Å². The zero-order chi connectivity index (χ0) is 18.0. The SMILES string of the molecule is COc1ccc(C(=O)N2C=Cc3c(cccc3[N+](=O)[O-])C2C#N)cc1. The Hall–Kier alpha value is -3.66. The first-order valence-electron chi connectivity index (χ1n) is 7.38. The second-order valence-corrected chi connectivity index (χ2v) is 5.33. The Morgan fingerprint density at radius 2 is 2.00 bits per heavy atom. The van der Waals surface area contributed by atoms with Crippen LogP contribution in [-0.4, -0.2) is 22.8 Å². The van der Waals surface area contributed by atoms with Gasteiger partial charge in [-0.15, -0.1) is 0 Å². The number of methoxy groups -OCH3 is 1. The van der Waals surface area contributed by atoms with E-state index in [1.54, 1.807) is 30.3 Å². The van der Waals surface area contributed by atoms with Crippen molar-refractivity contribution in [1.82, 2.24) is 4.90 Å². The quantitative estimate of drug-likeness (QED) is 0.633. The molecule has 0 saturated heterocycles. The van der Waals surface area contributed by atoms with Crippen molar-refractivity contribution >= 4 is 17.7 Å². The predicted molar refractivity (Wildman–Crippen MR) is 89.6 cm³/mol. The predicted octanol–water partition coefficient (Wildman–Crippen LogP) is 3.29. The number of benzene rings is 2. The Labute approximate surface area is 143 Å². The number of ether oxygens (including phenoxy) is 1. The van der Waals surface area contributed by atoms with E-state index in [1.165, 1.54) is 36.4 Å². The molecule has 0 saturated carbocycles. The van der Waals surface area contributed by atoms with Gasteiger partial charge in [-0.3, -0.25) is 19.8 Å². The highest BCUT2D eigenvalue weighted by molar-refractivity contribution is 5.96. The minimum absolute atomic E-state index is 0.0921. The Morgan fingerprint density at radius 1 is 1.28 bits per heavy atom. The monoisotopic (exact) mass is 335 g/mol. The molecule has 1 unspecified atom stereocenters. The van der Waals surface area contributed by atoms with Crippen LogP contribution >= 0.6 is 0 Å². The number of rotatable bonds is 3. The van der Waals surface area contributed by atoms with Crippen molar-refractivity contribution in [2.45, 2.75) is 6.04 Å². The van der Waals surface area contributed by atoms with Crippen molar-refractivity contribution in [3.05, 3.63) is 75.5 Å². The molecule has 0 radical (unpaired) electrons. The van der Waals surface area contributed by atoms with Gasteiger partial charge < -0.3 is 4.74 Å². The van der Waals surface area contributed by atoms with Crippen molar-refractivity contribution in [1.29, 1.82) is 5.26 Å². The van der Waals surface area contributed by atoms with E-state index in [0.29, 0.717) is 22.4 Å². The molecule has 2 aromatic rings. The summed E-state index contributed by atoms with van der Waals surface area (Å²) in [6, 6.07) is 12.1. The molecule has 0 N–H and O–H groups in total. The lowest BCUT2D eigenvalue weighted by Gasteiger charge is -2.28. The van der Waals surface area contributed by atoms with Crippen molar-refractivity contribution in [3.8, 4) is 11.8 Å². The molecule has 7 heteroatoms. The maximum Gasteiger partial charge on any atom is 0.277 e. The fraction of sp³-hybridized carbons (Fsp3) is 0.111. The van der Waals surface area contributed by atoms with E-state index in [4.69, 9.17) is 4.74 Å². The number of carbonyl (C=O) groups is 1. The first-order valence-corrected chi connectivity index (χ1v) is 7.38. The number of nitro groups is 1. The summed E-state index contributed by atoms with van der Waals surface area (Å²) in [4.78, 5) is 24.7. The van der Waals surface area contributed by atoms with Gasteiger partial charge in [-0.25, -0.2) is 0 Å². The number of hydrogen-bond donors (Lipinski definition) is 0. The van der Waals surface area contributed by atoms with E-state index in [0.717, 1.165) is 0 Å². The van der Waals surface area contributed by atoms with Gasteiger partial charge in [0.05, 0.1) is 23.7 Å². The number of fused-ring (bicyclic) bond motifs is 1. The number of nitriles is 1. The van der Waals surface area contributed by atoms with Crippen LogP contribution in [0.4, 0.5) is 5.69 Å². The molecular weight excluding hydrogens is 322 g/mol. The Bertz CT molecular complexity index is 913. The van der Waals surface area contributed by atoms with Gasteiger partial charge in [-0.05, 0) is 30.3 Å². The molecule has 1 aliphatic heterocycles. The van der Waals surface area contributed by atoms with Crippen LogP contribution in [0.3, 0.4) is 0 Å². The Balaban J connectivity index is 2.00. The molecule has 0 aromatic heterocycles. The van der Waals surface area contributed by atoms with Gasteiger partial charge in [0.1, 0.15) is 11.8 Å². The molecule has 1 amide bonds. The number of carbonyl (C=O) groups excluding carboxylic acids is 1. The molecule has 25 heavy (non-hydrogen) atoms.